The Bertz CT molecular complexity index is 684. The Hall–Kier alpha value is -2.76. The van der Waals surface area contributed by atoms with Crippen LogP contribution < -0.4 is 5.32 Å². The van der Waals surface area contributed by atoms with Gasteiger partial charge in [-0.25, -0.2) is 14.2 Å². The number of nitrogens with one attached hydrogen (secondary N) is 1. The molecule has 0 fully saturated rings. The standard InChI is InChI=1S/C15H13FN2O3/c1-9-3-5-12(11(7-9)15(20)21-2)18-14(19)13-6-4-10(16)8-17-13/h3-8H,1-2H3,(H,18,19). The van der Waals surface area contributed by atoms with E-state index in [-0.39, 0.29) is 11.3 Å². The number of aromatic nitrogens is 1. The van der Waals surface area contributed by atoms with E-state index in [2.05, 4.69) is 15.0 Å². The smallest absolute Gasteiger partial charge is 0.339 e. The Labute approximate surface area is 120 Å². The minimum atomic E-state index is -0.555. The number of methoxy groups -OCH3 is 1. The van der Waals surface area contributed by atoms with E-state index in [0.29, 0.717) is 5.69 Å². The maximum Gasteiger partial charge on any atom is 0.339 e. The fourth-order valence-electron chi connectivity index (χ4n) is 1.74. The number of amides is 1. The summed E-state index contributed by atoms with van der Waals surface area (Å²) >= 11 is 0. The number of carbonyl (C=O) groups is 2. The highest BCUT2D eigenvalue weighted by atomic mass is 19.1. The molecule has 2 aromatic rings. The molecule has 0 aliphatic rings. The molecule has 0 atom stereocenters. The lowest BCUT2D eigenvalue weighted by Crippen LogP contribution is -2.16. The lowest BCUT2D eigenvalue weighted by atomic mass is 10.1. The highest BCUT2D eigenvalue weighted by molar-refractivity contribution is 6.07. The number of carbonyl (C=O) groups excluding carboxylic acids is 2. The van der Waals surface area contributed by atoms with Gasteiger partial charge in [0.25, 0.3) is 5.91 Å². The maximum absolute atomic E-state index is 12.8. The largest absolute Gasteiger partial charge is 0.465 e. The number of esters is 1. The van der Waals surface area contributed by atoms with Gasteiger partial charge in [-0.1, -0.05) is 11.6 Å². The lowest BCUT2D eigenvalue weighted by Gasteiger charge is -2.10. The average molecular weight is 288 g/mol. The lowest BCUT2D eigenvalue weighted by molar-refractivity contribution is 0.0602. The van der Waals surface area contributed by atoms with Gasteiger partial charge in [0, 0.05) is 0 Å². The Morgan fingerprint density at radius 3 is 2.62 bits per heavy atom. The number of halogens is 1. The number of ether oxygens (including phenoxy) is 1. The first kappa shape index (κ1) is 14.6. The summed E-state index contributed by atoms with van der Waals surface area (Å²) in [5.41, 5.74) is 1.46. The van der Waals surface area contributed by atoms with Crippen molar-refractivity contribution in [3.05, 3.63) is 59.2 Å². The van der Waals surface area contributed by atoms with Gasteiger partial charge in [-0.15, -0.1) is 0 Å². The van der Waals surface area contributed by atoms with E-state index in [1.54, 1.807) is 18.2 Å². The van der Waals surface area contributed by atoms with Crippen molar-refractivity contribution in [1.29, 1.82) is 0 Å². The molecular formula is C15H13FN2O3. The normalized spacial score (nSPS) is 10.0. The second-order valence-corrected chi connectivity index (χ2v) is 4.36. The molecule has 1 amide bonds. The maximum atomic E-state index is 12.8. The van der Waals surface area contributed by atoms with Gasteiger partial charge in [0.15, 0.2) is 0 Å². The molecule has 108 valence electrons. The first-order valence-electron chi connectivity index (χ1n) is 6.13. The summed E-state index contributed by atoms with van der Waals surface area (Å²) in [6.45, 7) is 1.82. The van der Waals surface area contributed by atoms with Gasteiger partial charge in [-0.05, 0) is 31.2 Å². The second kappa shape index (κ2) is 6.13. The average Bonchev–Trinajstić information content (AvgIpc) is 2.48. The SMILES string of the molecule is COC(=O)c1cc(C)ccc1NC(=O)c1ccc(F)cn1. The predicted octanol–water partition coefficient (Wildman–Crippen LogP) is 2.57. The summed E-state index contributed by atoms with van der Waals surface area (Å²) in [5.74, 6) is -1.62. The van der Waals surface area contributed by atoms with E-state index < -0.39 is 17.7 Å². The van der Waals surface area contributed by atoms with Crippen molar-refractivity contribution in [3.63, 3.8) is 0 Å². The molecule has 0 unspecified atom stereocenters. The number of hydrogen-bond acceptors (Lipinski definition) is 4. The number of rotatable bonds is 3. The summed E-state index contributed by atoms with van der Waals surface area (Å²) in [7, 11) is 1.26. The highest BCUT2D eigenvalue weighted by Crippen LogP contribution is 2.19. The Morgan fingerprint density at radius 1 is 1.24 bits per heavy atom. The third kappa shape index (κ3) is 3.42. The first-order valence-corrected chi connectivity index (χ1v) is 6.13. The van der Waals surface area contributed by atoms with Crippen molar-refractivity contribution in [2.75, 3.05) is 12.4 Å². The van der Waals surface area contributed by atoms with Gasteiger partial charge in [-0.3, -0.25) is 4.79 Å². The van der Waals surface area contributed by atoms with Crippen LogP contribution in [0.25, 0.3) is 0 Å². The summed E-state index contributed by atoms with van der Waals surface area (Å²) in [6, 6.07) is 7.36. The van der Waals surface area contributed by atoms with Crippen LogP contribution in [-0.4, -0.2) is 24.0 Å². The molecule has 1 N–H and O–H groups in total. The third-order valence-electron chi connectivity index (χ3n) is 2.79. The van der Waals surface area contributed by atoms with Crippen LogP contribution in [-0.2, 0) is 4.74 Å². The van der Waals surface area contributed by atoms with Gasteiger partial charge in [-0.2, -0.15) is 0 Å². The predicted molar refractivity (Wildman–Crippen MR) is 74.7 cm³/mol. The Kier molecular flexibility index (Phi) is 4.27. The van der Waals surface area contributed by atoms with Crippen LogP contribution >= 0.6 is 0 Å². The third-order valence-corrected chi connectivity index (χ3v) is 2.79. The molecule has 0 saturated heterocycles. The molecule has 0 radical (unpaired) electrons. The van der Waals surface area contributed by atoms with Crippen LogP contribution in [0.2, 0.25) is 0 Å². The number of pyridine rings is 1. The molecule has 0 aliphatic heterocycles. The Balaban J connectivity index is 2.28. The molecule has 1 aromatic heterocycles. The molecule has 0 aliphatic carbocycles. The van der Waals surface area contributed by atoms with Crippen molar-refractivity contribution < 1.29 is 18.7 Å². The quantitative estimate of drug-likeness (QED) is 0.881. The summed E-state index contributed by atoms with van der Waals surface area (Å²) in [4.78, 5) is 27.4. The zero-order valence-electron chi connectivity index (χ0n) is 11.5. The number of hydrogen-bond donors (Lipinski definition) is 1. The zero-order chi connectivity index (χ0) is 15.4. The number of nitrogens with zero attached hydrogens (tertiary/aromatic N) is 1. The molecule has 5 nitrogen and oxygen atoms in total. The molecule has 0 bridgehead atoms. The monoisotopic (exact) mass is 288 g/mol. The van der Waals surface area contributed by atoms with E-state index in [1.165, 1.54) is 13.2 Å². The van der Waals surface area contributed by atoms with E-state index >= 15 is 0 Å². The fourth-order valence-corrected chi connectivity index (χ4v) is 1.74. The van der Waals surface area contributed by atoms with Crippen molar-refractivity contribution in [2.45, 2.75) is 6.92 Å². The molecule has 6 heteroatoms. The number of anilines is 1. The van der Waals surface area contributed by atoms with Crippen molar-refractivity contribution >= 4 is 17.6 Å². The number of benzene rings is 1. The highest BCUT2D eigenvalue weighted by Gasteiger charge is 2.15. The van der Waals surface area contributed by atoms with E-state index in [9.17, 15) is 14.0 Å². The van der Waals surface area contributed by atoms with Crippen molar-refractivity contribution in [3.8, 4) is 0 Å². The van der Waals surface area contributed by atoms with E-state index in [1.807, 2.05) is 6.92 Å². The van der Waals surface area contributed by atoms with Gasteiger partial charge in [0.2, 0.25) is 0 Å². The van der Waals surface area contributed by atoms with Gasteiger partial charge in [0.05, 0.1) is 24.6 Å². The van der Waals surface area contributed by atoms with Crippen LogP contribution in [0.5, 0.6) is 0 Å². The molecule has 2 rings (SSSR count). The first-order chi connectivity index (χ1) is 10.0. The van der Waals surface area contributed by atoms with Gasteiger partial charge in [0.1, 0.15) is 11.5 Å². The number of aryl methyl sites for hydroxylation is 1. The van der Waals surface area contributed by atoms with Gasteiger partial charge >= 0.3 is 5.97 Å². The zero-order valence-corrected chi connectivity index (χ0v) is 11.5. The summed E-state index contributed by atoms with van der Waals surface area (Å²) in [6.07, 6.45) is 0.950. The molecule has 0 spiro atoms. The molecule has 1 aromatic carbocycles. The van der Waals surface area contributed by atoms with Crippen LogP contribution in [0.3, 0.4) is 0 Å². The second-order valence-electron chi connectivity index (χ2n) is 4.36. The van der Waals surface area contributed by atoms with Crippen molar-refractivity contribution in [1.82, 2.24) is 4.98 Å². The molecule has 21 heavy (non-hydrogen) atoms. The topological polar surface area (TPSA) is 68.3 Å². The summed E-state index contributed by atoms with van der Waals surface area (Å²) in [5, 5.41) is 2.56. The molecule has 1 heterocycles. The van der Waals surface area contributed by atoms with Crippen molar-refractivity contribution in [2.24, 2.45) is 0 Å². The molecule has 0 saturated carbocycles. The minimum absolute atomic E-state index is 0.0489. The minimum Gasteiger partial charge on any atom is -0.465 e. The van der Waals surface area contributed by atoms with Gasteiger partial charge < -0.3 is 10.1 Å². The van der Waals surface area contributed by atoms with E-state index in [4.69, 9.17) is 0 Å². The van der Waals surface area contributed by atoms with Crippen LogP contribution in [0.1, 0.15) is 26.4 Å². The fraction of sp³-hybridized carbons (Fsp3) is 0.133. The summed E-state index contributed by atoms with van der Waals surface area (Å²) < 4.78 is 17.5. The Morgan fingerprint density at radius 2 is 2.00 bits per heavy atom. The van der Waals surface area contributed by atoms with E-state index in [0.717, 1.165) is 17.8 Å². The van der Waals surface area contributed by atoms with Crippen LogP contribution in [0, 0.1) is 12.7 Å². The van der Waals surface area contributed by atoms with Crippen LogP contribution in [0.15, 0.2) is 36.5 Å². The van der Waals surface area contributed by atoms with Crippen LogP contribution in [0.4, 0.5) is 10.1 Å². The molecular weight excluding hydrogens is 275 g/mol.